The first-order chi connectivity index (χ1) is 12.9. The third-order valence-corrected chi connectivity index (χ3v) is 4.56. The largest absolute Gasteiger partial charge is 0.417 e. The number of anilines is 3. The molecule has 1 saturated heterocycles. The molecule has 1 aliphatic rings. The fourth-order valence-corrected chi connectivity index (χ4v) is 3.10. The van der Waals surface area contributed by atoms with Crippen molar-refractivity contribution in [3.05, 3.63) is 47.1 Å². The molecule has 3 heterocycles. The van der Waals surface area contributed by atoms with Crippen molar-refractivity contribution in [3.8, 4) is 0 Å². The average molecular weight is 398 g/mol. The molecule has 27 heavy (non-hydrogen) atoms. The van der Waals surface area contributed by atoms with Crippen LogP contribution in [0.15, 0.2) is 36.5 Å². The van der Waals surface area contributed by atoms with Crippen molar-refractivity contribution < 1.29 is 17.9 Å². The van der Waals surface area contributed by atoms with Crippen LogP contribution in [0.3, 0.4) is 0 Å². The summed E-state index contributed by atoms with van der Waals surface area (Å²) in [5.41, 5.74) is -0.0726. The van der Waals surface area contributed by atoms with Gasteiger partial charge in [0.1, 0.15) is 5.82 Å². The van der Waals surface area contributed by atoms with Crippen molar-refractivity contribution >= 4 is 34.6 Å². The molecule has 0 atom stereocenters. The first-order valence-electron chi connectivity index (χ1n) is 8.23. The van der Waals surface area contributed by atoms with E-state index in [0.717, 1.165) is 25.0 Å². The Bertz CT molecular complexity index is 969. The van der Waals surface area contributed by atoms with E-state index in [9.17, 15) is 13.2 Å². The molecule has 0 saturated carbocycles. The molecule has 6 nitrogen and oxygen atoms in total. The third-order valence-electron chi connectivity index (χ3n) is 4.23. The quantitative estimate of drug-likeness (QED) is 0.724. The van der Waals surface area contributed by atoms with Gasteiger partial charge < -0.3 is 15.0 Å². The van der Waals surface area contributed by atoms with Crippen LogP contribution in [0.5, 0.6) is 0 Å². The van der Waals surface area contributed by atoms with Crippen LogP contribution < -0.4 is 10.2 Å². The number of nitrogens with zero attached hydrogens (tertiary/aromatic N) is 4. The van der Waals surface area contributed by atoms with Crippen molar-refractivity contribution in [2.45, 2.75) is 6.18 Å². The third kappa shape index (κ3) is 3.65. The van der Waals surface area contributed by atoms with Crippen LogP contribution in [-0.4, -0.2) is 40.9 Å². The molecule has 0 amide bonds. The Morgan fingerprint density at radius 2 is 1.89 bits per heavy atom. The zero-order chi connectivity index (χ0) is 19.0. The first kappa shape index (κ1) is 17.9. The summed E-state index contributed by atoms with van der Waals surface area (Å²) in [5.74, 6) is 1.20. The van der Waals surface area contributed by atoms with Crippen LogP contribution in [0.25, 0.3) is 5.65 Å². The number of rotatable bonds is 3. The zero-order valence-electron chi connectivity index (χ0n) is 14.0. The Hall–Kier alpha value is -2.52. The molecule has 2 aromatic heterocycles. The van der Waals surface area contributed by atoms with Crippen molar-refractivity contribution in [1.82, 2.24) is 14.6 Å². The number of ether oxygens (including phenoxy) is 1. The molecule has 0 aliphatic carbocycles. The molecule has 0 unspecified atom stereocenters. The fraction of sp³-hybridized carbons (Fsp3) is 0.294. The minimum Gasteiger partial charge on any atom is -0.378 e. The highest BCUT2D eigenvalue weighted by Gasteiger charge is 2.33. The summed E-state index contributed by atoms with van der Waals surface area (Å²) in [4.78, 5) is 6.32. The Morgan fingerprint density at radius 1 is 1.11 bits per heavy atom. The summed E-state index contributed by atoms with van der Waals surface area (Å²) in [5, 5.41) is 7.14. The van der Waals surface area contributed by atoms with Gasteiger partial charge in [-0.2, -0.15) is 17.7 Å². The number of nitrogens with one attached hydrogen (secondary N) is 1. The summed E-state index contributed by atoms with van der Waals surface area (Å²) in [6, 6.07) is 7.33. The lowest BCUT2D eigenvalue weighted by molar-refractivity contribution is -0.137. The van der Waals surface area contributed by atoms with Crippen LogP contribution >= 0.6 is 11.6 Å². The van der Waals surface area contributed by atoms with Crippen LogP contribution in [-0.2, 0) is 10.9 Å². The van der Waals surface area contributed by atoms with Crippen LogP contribution in [0.4, 0.5) is 30.5 Å². The van der Waals surface area contributed by atoms with E-state index in [1.54, 1.807) is 4.52 Å². The Labute approximate surface area is 157 Å². The van der Waals surface area contributed by atoms with E-state index in [4.69, 9.17) is 16.3 Å². The van der Waals surface area contributed by atoms with Gasteiger partial charge in [0.2, 0.25) is 0 Å². The van der Waals surface area contributed by atoms with E-state index in [-0.39, 0.29) is 10.7 Å². The number of halogens is 4. The van der Waals surface area contributed by atoms with Gasteiger partial charge in [-0.1, -0.05) is 11.6 Å². The standard InChI is InChI=1S/C17H15ClF3N5O/c18-13-2-1-11(9-12(13)17(19,20)21)23-16-10-22-14-3-4-15(24-26(14)16)25-5-7-27-8-6-25/h1-4,9-10,23H,5-8H2. The molecule has 0 spiro atoms. The van der Waals surface area contributed by atoms with Gasteiger partial charge in [-0.3, -0.25) is 0 Å². The van der Waals surface area contributed by atoms with Gasteiger partial charge in [-0.05, 0) is 30.3 Å². The second-order valence-electron chi connectivity index (χ2n) is 6.02. The second-order valence-corrected chi connectivity index (χ2v) is 6.43. The Balaban J connectivity index is 1.66. The normalized spacial score (nSPS) is 15.3. The molecule has 4 rings (SSSR count). The number of alkyl halides is 3. The molecule has 0 radical (unpaired) electrons. The van der Waals surface area contributed by atoms with Crippen LogP contribution in [0.1, 0.15) is 5.56 Å². The van der Waals surface area contributed by atoms with E-state index in [1.807, 2.05) is 12.1 Å². The molecule has 1 aliphatic heterocycles. The van der Waals surface area contributed by atoms with Gasteiger partial charge in [0.15, 0.2) is 11.5 Å². The Morgan fingerprint density at radius 3 is 2.63 bits per heavy atom. The van der Waals surface area contributed by atoms with Gasteiger partial charge in [0.05, 0.1) is 30.0 Å². The lowest BCUT2D eigenvalue weighted by Crippen LogP contribution is -2.37. The van der Waals surface area contributed by atoms with E-state index in [0.29, 0.717) is 24.7 Å². The van der Waals surface area contributed by atoms with Gasteiger partial charge in [-0.15, -0.1) is 5.10 Å². The molecular formula is C17H15ClF3N5O. The highest BCUT2D eigenvalue weighted by atomic mass is 35.5. The average Bonchev–Trinajstić information content (AvgIpc) is 3.05. The van der Waals surface area contributed by atoms with Gasteiger partial charge in [0, 0.05) is 18.8 Å². The maximum absolute atomic E-state index is 13.1. The monoisotopic (exact) mass is 397 g/mol. The topological polar surface area (TPSA) is 54.7 Å². The summed E-state index contributed by atoms with van der Waals surface area (Å²) < 4.78 is 46.1. The number of benzene rings is 1. The van der Waals surface area contributed by atoms with Crippen molar-refractivity contribution in [3.63, 3.8) is 0 Å². The molecule has 1 aromatic carbocycles. The highest BCUT2D eigenvalue weighted by molar-refractivity contribution is 6.31. The fourth-order valence-electron chi connectivity index (χ4n) is 2.88. The van der Waals surface area contributed by atoms with Crippen LogP contribution in [0.2, 0.25) is 5.02 Å². The lowest BCUT2D eigenvalue weighted by atomic mass is 10.2. The number of fused-ring (bicyclic) bond motifs is 1. The second kappa shape index (κ2) is 6.90. The number of morpholine rings is 1. The smallest absolute Gasteiger partial charge is 0.378 e. The van der Waals surface area contributed by atoms with E-state index >= 15 is 0 Å². The number of aromatic nitrogens is 3. The van der Waals surface area contributed by atoms with Gasteiger partial charge in [-0.25, -0.2) is 4.98 Å². The molecule has 142 valence electrons. The van der Waals surface area contributed by atoms with Crippen molar-refractivity contribution in [2.75, 3.05) is 36.5 Å². The maximum Gasteiger partial charge on any atom is 0.417 e. The lowest BCUT2D eigenvalue weighted by Gasteiger charge is -2.27. The summed E-state index contributed by atoms with van der Waals surface area (Å²) in [6.45, 7) is 2.70. The molecule has 1 fully saturated rings. The van der Waals surface area contributed by atoms with Gasteiger partial charge >= 0.3 is 6.18 Å². The van der Waals surface area contributed by atoms with E-state index in [2.05, 4.69) is 20.3 Å². The van der Waals surface area contributed by atoms with Crippen molar-refractivity contribution in [2.24, 2.45) is 0 Å². The van der Waals surface area contributed by atoms with E-state index in [1.165, 1.54) is 18.3 Å². The SMILES string of the molecule is FC(F)(F)c1cc(Nc2cnc3ccc(N4CCOCC4)nn23)ccc1Cl. The number of imidazole rings is 1. The Kier molecular flexibility index (Phi) is 4.56. The predicted octanol–water partition coefficient (Wildman–Crippen LogP) is 3.98. The molecule has 3 aromatic rings. The predicted molar refractivity (Wildman–Crippen MR) is 95.8 cm³/mol. The molecule has 10 heteroatoms. The van der Waals surface area contributed by atoms with E-state index < -0.39 is 11.7 Å². The minimum atomic E-state index is -4.53. The highest BCUT2D eigenvalue weighted by Crippen LogP contribution is 2.36. The molecular weight excluding hydrogens is 383 g/mol. The first-order valence-corrected chi connectivity index (χ1v) is 8.61. The number of hydrogen-bond donors (Lipinski definition) is 1. The summed E-state index contributed by atoms with van der Waals surface area (Å²) in [6.07, 6.45) is -3.01. The summed E-state index contributed by atoms with van der Waals surface area (Å²) in [7, 11) is 0. The summed E-state index contributed by atoms with van der Waals surface area (Å²) >= 11 is 5.67. The molecule has 0 bridgehead atoms. The zero-order valence-corrected chi connectivity index (χ0v) is 14.8. The maximum atomic E-state index is 13.1. The van der Waals surface area contributed by atoms with Crippen molar-refractivity contribution in [1.29, 1.82) is 0 Å². The van der Waals surface area contributed by atoms with Gasteiger partial charge in [0.25, 0.3) is 0 Å². The number of hydrogen-bond acceptors (Lipinski definition) is 5. The minimum absolute atomic E-state index is 0.243. The van der Waals surface area contributed by atoms with Crippen LogP contribution in [0, 0.1) is 0 Å². The molecule has 1 N–H and O–H groups in total.